The number of hydrogen-bond donors (Lipinski definition) is 0. The number of fused-ring (bicyclic) bond motifs is 3. The van der Waals surface area contributed by atoms with E-state index in [1.165, 1.54) is 36.9 Å². The zero-order valence-electron chi connectivity index (χ0n) is 24.1. The van der Waals surface area contributed by atoms with Gasteiger partial charge in [-0.2, -0.15) is 0 Å². The molecule has 2 heterocycles. The zero-order chi connectivity index (χ0) is 29.5. The molecule has 0 atom stereocenters. The topological polar surface area (TPSA) is 38.7 Å². The summed E-state index contributed by atoms with van der Waals surface area (Å²) in [6.45, 7) is 2.16. The summed E-state index contributed by atoms with van der Waals surface area (Å²) in [5.74, 6) is 1.98. The van der Waals surface area contributed by atoms with E-state index in [9.17, 15) is 0 Å². The second kappa shape index (κ2) is 11.0. The first-order valence-electron chi connectivity index (χ1n) is 14.7. The monoisotopic (exact) mass is 581 g/mol. The van der Waals surface area contributed by atoms with Crippen molar-refractivity contribution in [3.8, 4) is 56.4 Å². The maximum absolute atomic E-state index is 4.94. The lowest BCUT2D eigenvalue weighted by atomic mass is 9.97. The Morgan fingerprint density at radius 3 is 1.59 bits per heavy atom. The Bertz CT molecular complexity index is 2230. The van der Waals surface area contributed by atoms with Gasteiger partial charge in [0, 0.05) is 36.9 Å². The first-order chi connectivity index (χ1) is 21.7. The Kier molecular flexibility index (Phi) is 6.55. The van der Waals surface area contributed by atoms with Gasteiger partial charge in [-0.15, -0.1) is 11.3 Å². The lowest BCUT2D eigenvalue weighted by molar-refractivity contribution is 1.07. The first-order valence-corrected chi connectivity index (χ1v) is 15.5. The van der Waals surface area contributed by atoms with Crippen LogP contribution in [0.3, 0.4) is 0 Å². The summed E-state index contributed by atoms with van der Waals surface area (Å²) in [7, 11) is 0. The van der Waals surface area contributed by atoms with Crippen LogP contribution >= 0.6 is 11.3 Å². The van der Waals surface area contributed by atoms with E-state index in [1.54, 1.807) is 0 Å². The molecule has 6 aromatic carbocycles. The molecule has 0 radical (unpaired) electrons. The lowest BCUT2D eigenvalue weighted by Gasteiger charge is -2.10. The van der Waals surface area contributed by atoms with Crippen molar-refractivity contribution >= 4 is 31.5 Å². The molecule has 0 fully saturated rings. The predicted molar refractivity (Wildman–Crippen MR) is 185 cm³/mol. The Morgan fingerprint density at radius 1 is 0.409 bits per heavy atom. The van der Waals surface area contributed by atoms with E-state index in [1.807, 2.05) is 72.0 Å². The molecule has 0 amide bonds. The third-order valence-corrected chi connectivity index (χ3v) is 9.18. The van der Waals surface area contributed by atoms with Crippen LogP contribution in [0, 0.1) is 6.92 Å². The molecule has 208 valence electrons. The fraction of sp³-hybridized carbons (Fsp3) is 0.0250. The van der Waals surface area contributed by atoms with Gasteiger partial charge in [-0.1, -0.05) is 127 Å². The van der Waals surface area contributed by atoms with Crippen molar-refractivity contribution in [1.29, 1.82) is 0 Å². The van der Waals surface area contributed by atoms with E-state index in [-0.39, 0.29) is 0 Å². The molecule has 0 aliphatic carbocycles. The number of hydrogen-bond acceptors (Lipinski definition) is 4. The van der Waals surface area contributed by atoms with Crippen LogP contribution < -0.4 is 0 Å². The van der Waals surface area contributed by atoms with Gasteiger partial charge >= 0.3 is 0 Å². The van der Waals surface area contributed by atoms with Crippen molar-refractivity contribution in [2.45, 2.75) is 6.92 Å². The largest absolute Gasteiger partial charge is 0.208 e. The molecule has 0 aliphatic rings. The summed E-state index contributed by atoms with van der Waals surface area (Å²) >= 11 is 1.88. The summed E-state index contributed by atoms with van der Waals surface area (Å²) < 4.78 is 2.66. The highest BCUT2D eigenvalue weighted by molar-refractivity contribution is 7.26. The van der Waals surface area contributed by atoms with Crippen LogP contribution in [0.4, 0.5) is 0 Å². The van der Waals surface area contributed by atoms with Crippen LogP contribution in [0.1, 0.15) is 5.56 Å². The van der Waals surface area contributed by atoms with E-state index in [4.69, 9.17) is 15.0 Å². The Hall–Kier alpha value is -5.45. The molecule has 8 aromatic rings. The van der Waals surface area contributed by atoms with Crippen LogP contribution in [0.2, 0.25) is 0 Å². The highest BCUT2D eigenvalue weighted by Gasteiger charge is 2.14. The second-order valence-corrected chi connectivity index (χ2v) is 12.0. The summed E-state index contributed by atoms with van der Waals surface area (Å²) in [6, 6.07) is 50.9. The maximum Gasteiger partial charge on any atom is 0.164 e. The van der Waals surface area contributed by atoms with Gasteiger partial charge in [0.2, 0.25) is 0 Å². The van der Waals surface area contributed by atoms with Crippen LogP contribution in [0.15, 0.2) is 146 Å². The molecule has 0 bridgehead atoms. The second-order valence-electron chi connectivity index (χ2n) is 11.0. The average molecular weight is 582 g/mol. The van der Waals surface area contributed by atoms with Crippen LogP contribution in [0.25, 0.3) is 76.6 Å². The maximum atomic E-state index is 4.94. The summed E-state index contributed by atoms with van der Waals surface area (Å²) in [5, 5.41) is 2.64. The SMILES string of the molecule is Cc1ccc2c(c1)sc1c(-c3cccc(-c4cccc(-c5nc(-c6ccccc6)nc(-c6ccccc6)n5)c4)c3)cccc12. The molecular formula is C40H27N3S. The van der Waals surface area contributed by atoms with E-state index in [2.05, 4.69) is 91.9 Å². The lowest BCUT2D eigenvalue weighted by Crippen LogP contribution is -2.00. The van der Waals surface area contributed by atoms with Crippen molar-refractivity contribution in [2.24, 2.45) is 0 Å². The predicted octanol–water partition coefficient (Wildman–Crippen LogP) is 10.9. The van der Waals surface area contributed by atoms with Crippen molar-refractivity contribution < 1.29 is 0 Å². The van der Waals surface area contributed by atoms with E-state index < -0.39 is 0 Å². The molecule has 0 aliphatic heterocycles. The van der Waals surface area contributed by atoms with Crippen molar-refractivity contribution in [1.82, 2.24) is 15.0 Å². The minimum Gasteiger partial charge on any atom is -0.208 e. The summed E-state index contributed by atoms with van der Waals surface area (Å²) in [4.78, 5) is 14.7. The molecule has 0 spiro atoms. The van der Waals surface area contributed by atoms with Crippen molar-refractivity contribution in [3.63, 3.8) is 0 Å². The highest BCUT2D eigenvalue weighted by Crippen LogP contribution is 2.41. The van der Waals surface area contributed by atoms with E-state index >= 15 is 0 Å². The minimum absolute atomic E-state index is 0.654. The van der Waals surface area contributed by atoms with Gasteiger partial charge in [0.15, 0.2) is 17.5 Å². The Labute approximate surface area is 260 Å². The number of aromatic nitrogens is 3. The molecule has 0 saturated carbocycles. The average Bonchev–Trinajstić information content (AvgIpc) is 3.47. The number of thiophene rings is 1. The van der Waals surface area contributed by atoms with Gasteiger partial charge in [-0.3, -0.25) is 0 Å². The van der Waals surface area contributed by atoms with E-state index in [0.29, 0.717) is 17.5 Å². The molecule has 0 N–H and O–H groups in total. The number of nitrogens with zero attached hydrogens (tertiary/aromatic N) is 3. The number of rotatable bonds is 5. The van der Waals surface area contributed by atoms with Crippen LogP contribution in [-0.2, 0) is 0 Å². The minimum atomic E-state index is 0.654. The number of aryl methyl sites for hydroxylation is 1. The molecule has 8 rings (SSSR count). The van der Waals surface area contributed by atoms with Gasteiger partial charge in [0.1, 0.15) is 0 Å². The van der Waals surface area contributed by atoms with Crippen molar-refractivity contribution in [2.75, 3.05) is 0 Å². The zero-order valence-corrected chi connectivity index (χ0v) is 24.9. The van der Waals surface area contributed by atoms with E-state index in [0.717, 1.165) is 27.8 Å². The summed E-state index contributed by atoms with van der Waals surface area (Å²) in [6.07, 6.45) is 0. The fourth-order valence-corrected chi connectivity index (χ4v) is 7.11. The Morgan fingerprint density at radius 2 is 0.932 bits per heavy atom. The van der Waals surface area contributed by atoms with Gasteiger partial charge in [-0.25, -0.2) is 15.0 Å². The molecular weight excluding hydrogens is 555 g/mol. The quantitative estimate of drug-likeness (QED) is 0.203. The smallest absolute Gasteiger partial charge is 0.164 e. The molecule has 2 aromatic heterocycles. The van der Waals surface area contributed by atoms with Crippen molar-refractivity contribution in [3.05, 3.63) is 151 Å². The van der Waals surface area contributed by atoms with Gasteiger partial charge in [0.05, 0.1) is 0 Å². The highest BCUT2D eigenvalue weighted by atomic mass is 32.1. The molecule has 44 heavy (non-hydrogen) atoms. The van der Waals surface area contributed by atoms with Crippen LogP contribution in [0.5, 0.6) is 0 Å². The normalized spacial score (nSPS) is 11.3. The number of benzene rings is 6. The molecule has 3 nitrogen and oxygen atoms in total. The fourth-order valence-electron chi connectivity index (χ4n) is 5.77. The molecule has 4 heteroatoms. The third kappa shape index (κ3) is 4.85. The molecule has 0 saturated heterocycles. The summed E-state index contributed by atoms with van der Waals surface area (Å²) in [5.41, 5.74) is 8.90. The third-order valence-electron chi connectivity index (χ3n) is 7.98. The Balaban J connectivity index is 1.22. The first kappa shape index (κ1) is 26.2. The standard InChI is InChI=1S/C40H27N3S/c1-26-21-22-34-35-20-10-19-33(37(35)44-36(34)23-26)31-17-8-15-29(24-31)30-16-9-18-32(25-30)40-42-38(27-11-4-2-5-12-27)41-39(43-40)28-13-6-3-7-14-28/h2-25H,1H3. The van der Waals surface area contributed by atoms with Crippen LogP contribution in [-0.4, -0.2) is 15.0 Å². The van der Waals surface area contributed by atoms with Gasteiger partial charge in [-0.05, 0) is 52.9 Å². The van der Waals surface area contributed by atoms with Gasteiger partial charge in [0.25, 0.3) is 0 Å². The molecule has 0 unspecified atom stereocenters. The van der Waals surface area contributed by atoms with Gasteiger partial charge < -0.3 is 0 Å².